The van der Waals surface area contributed by atoms with Gasteiger partial charge in [0.1, 0.15) is 5.83 Å². The molecule has 0 saturated carbocycles. The molecule has 0 spiro atoms. The Balaban J connectivity index is 4.05. The van der Waals surface area contributed by atoms with Crippen LogP contribution in [0.2, 0.25) is 0 Å². The van der Waals surface area contributed by atoms with Crippen molar-refractivity contribution in [3.8, 4) is 0 Å². The van der Waals surface area contributed by atoms with Gasteiger partial charge in [0.15, 0.2) is 0 Å². The van der Waals surface area contributed by atoms with Crippen molar-refractivity contribution in [1.29, 1.82) is 0 Å². The molecular formula is C17H29F. The Morgan fingerprint density at radius 1 is 1.00 bits per heavy atom. The van der Waals surface area contributed by atoms with Gasteiger partial charge in [0.05, 0.1) is 0 Å². The van der Waals surface area contributed by atoms with Crippen LogP contribution in [-0.2, 0) is 0 Å². The second kappa shape index (κ2) is 9.13. The lowest BCUT2D eigenvalue weighted by molar-refractivity contribution is 0.323. The van der Waals surface area contributed by atoms with Gasteiger partial charge in [-0.3, -0.25) is 0 Å². The number of allylic oxidation sites excluding steroid dienone is 4. The number of rotatable bonds is 9. The fourth-order valence-electron chi connectivity index (χ4n) is 2.08. The highest BCUT2D eigenvalue weighted by Crippen LogP contribution is 2.25. The predicted molar refractivity (Wildman–Crippen MR) is 80.2 cm³/mol. The topological polar surface area (TPSA) is 0 Å². The van der Waals surface area contributed by atoms with Crippen molar-refractivity contribution in [3.63, 3.8) is 0 Å². The minimum absolute atomic E-state index is 0.409. The molecule has 0 heterocycles. The van der Waals surface area contributed by atoms with Crippen molar-refractivity contribution < 1.29 is 4.39 Å². The standard InChI is InChI=1S/C17H29F/c1-7-8-13(2)14(3)9-10-15(4)16(5)11-12-17(6)18/h11-15H,5-10H2,1-4H3/b12-11-. The van der Waals surface area contributed by atoms with Crippen molar-refractivity contribution in [1.82, 2.24) is 0 Å². The lowest BCUT2D eigenvalue weighted by Gasteiger charge is -2.21. The van der Waals surface area contributed by atoms with Gasteiger partial charge in [0.2, 0.25) is 0 Å². The summed E-state index contributed by atoms with van der Waals surface area (Å²) < 4.78 is 12.5. The molecule has 0 aliphatic carbocycles. The van der Waals surface area contributed by atoms with Gasteiger partial charge in [-0.25, -0.2) is 4.39 Å². The largest absolute Gasteiger partial charge is 0.208 e. The Kier molecular flexibility index (Phi) is 8.70. The van der Waals surface area contributed by atoms with E-state index in [4.69, 9.17) is 0 Å². The van der Waals surface area contributed by atoms with Gasteiger partial charge in [0, 0.05) is 0 Å². The smallest absolute Gasteiger partial charge is 0.116 e. The molecule has 0 nitrogen and oxygen atoms in total. The van der Waals surface area contributed by atoms with Crippen LogP contribution in [0.25, 0.3) is 0 Å². The Morgan fingerprint density at radius 2 is 1.56 bits per heavy atom. The molecule has 0 bridgehead atoms. The van der Waals surface area contributed by atoms with Gasteiger partial charge in [-0.2, -0.15) is 0 Å². The molecule has 3 unspecified atom stereocenters. The third kappa shape index (κ3) is 7.47. The molecule has 0 saturated heterocycles. The van der Waals surface area contributed by atoms with Crippen LogP contribution in [0, 0.1) is 17.8 Å². The maximum atomic E-state index is 12.5. The van der Waals surface area contributed by atoms with E-state index in [1.807, 2.05) is 0 Å². The molecular weight excluding hydrogens is 223 g/mol. The van der Waals surface area contributed by atoms with Gasteiger partial charge in [-0.15, -0.1) is 0 Å². The van der Waals surface area contributed by atoms with Gasteiger partial charge in [0.25, 0.3) is 0 Å². The van der Waals surface area contributed by atoms with Gasteiger partial charge < -0.3 is 0 Å². The molecule has 104 valence electrons. The van der Waals surface area contributed by atoms with Crippen molar-refractivity contribution in [2.75, 3.05) is 0 Å². The number of hydrogen-bond donors (Lipinski definition) is 0. The number of hydrogen-bond acceptors (Lipinski definition) is 0. The molecule has 0 aliphatic heterocycles. The van der Waals surface area contributed by atoms with E-state index in [2.05, 4.69) is 40.9 Å². The zero-order valence-corrected chi connectivity index (χ0v) is 12.5. The molecule has 1 heteroatoms. The van der Waals surface area contributed by atoms with Gasteiger partial charge >= 0.3 is 0 Å². The monoisotopic (exact) mass is 252 g/mol. The molecule has 0 aromatic carbocycles. The second-order valence-corrected chi connectivity index (χ2v) is 5.58. The summed E-state index contributed by atoms with van der Waals surface area (Å²) in [5, 5.41) is 0. The van der Waals surface area contributed by atoms with Crippen LogP contribution in [0.3, 0.4) is 0 Å². The molecule has 0 rings (SSSR count). The van der Waals surface area contributed by atoms with E-state index in [9.17, 15) is 4.39 Å². The summed E-state index contributed by atoms with van der Waals surface area (Å²) in [4.78, 5) is 0. The maximum Gasteiger partial charge on any atom is 0.116 e. The first-order chi connectivity index (χ1) is 8.38. The molecule has 3 atom stereocenters. The van der Waals surface area contributed by atoms with E-state index in [0.717, 1.165) is 23.8 Å². The van der Waals surface area contributed by atoms with E-state index in [0.29, 0.717) is 5.92 Å². The molecule has 0 amide bonds. The van der Waals surface area contributed by atoms with Crippen LogP contribution in [0.4, 0.5) is 4.39 Å². The van der Waals surface area contributed by atoms with Gasteiger partial charge in [-0.1, -0.05) is 65.3 Å². The lowest BCUT2D eigenvalue weighted by Crippen LogP contribution is -2.09. The average molecular weight is 252 g/mol. The Morgan fingerprint density at radius 3 is 2.06 bits per heavy atom. The van der Waals surface area contributed by atoms with Crippen LogP contribution >= 0.6 is 0 Å². The summed E-state index contributed by atoms with van der Waals surface area (Å²) >= 11 is 0. The molecule has 0 N–H and O–H groups in total. The highest BCUT2D eigenvalue weighted by Gasteiger charge is 2.13. The summed E-state index contributed by atoms with van der Waals surface area (Å²) in [6, 6.07) is 0. The molecule has 0 fully saturated rings. The molecule has 0 aromatic heterocycles. The Hall–Kier alpha value is -0.850. The van der Waals surface area contributed by atoms with Crippen molar-refractivity contribution in [3.05, 3.63) is 36.7 Å². The first-order valence-electron chi connectivity index (χ1n) is 7.09. The average Bonchev–Trinajstić information content (AvgIpc) is 2.32. The van der Waals surface area contributed by atoms with Crippen LogP contribution in [0.15, 0.2) is 36.7 Å². The quantitative estimate of drug-likeness (QED) is 0.437. The van der Waals surface area contributed by atoms with Crippen LogP contribution < -0.4 is 0 Å². The summed E-state index contributed by atoms with van der Waals surface area (Å²) in [7, 11) is 0. The summed E-state index contributed by atoms with van der Waals surface area (Å²) in [6.45, 7) is 16.3. The maximum absolute atomic E-state index is 12.5. The minimum atomic E-state index is -0.409. The van der Waals surface area contributed by atoms with E-state index >= 15 is 0 Å². The van der Waals surface area contributed by atoms with E-state index in [1.165, 1.54) is 25.3 Å². The molecule has 0 aromatic rings. The molecule has 0 radical (unpaired) electrons. The minimum Gasteiger partial charge on any atom is -0.208 e. The normalized spacial score (nSPS) is 16.5. The van der Waals surface area contributed by atoms with Crippen molar-refractivity contribution in [2.45, 2.75) is 53.4 Å². The Labute approximate surface area is 113 Å². The molecule has 0 aliphatic rings. The first-order valence-corrected chi connectivity index (χ1v) is 7.09. The fraction of sp³-hybridized carbons (Fsp3) is 0.647. The number of halogens is 1. The fourth-order valence-corrected chi connectivity index (χ4v) is 2.08. The van der Waals surface area contributed by atoms with Crippen molar-refractivity contribution in [2.24, 2.45) is 17.8 Å². The molecule has 18 heavy (non-hydrogen) atoms. The summed E-state index contributed by atoms with van der Waals surface area (Å²) in [5.74, 6) is 1.54. The third-order valence-corrected chi connectivity index (χ3v) is 3.88. The zero-order chi connectivity index (χ0) is 14.1. The van der Waals surface area contributed by atoms with E-state index < -0.39 is 5.83 Å². The summed E-state index contributed by atoms with van der Waals surface area (Å²) in [5.41, 5.74) is 0.990. The van der Waals surface area contributed by atoms with Crippen LogP contribution in [-0.4, -0.2) is 0 Å². The highest BCUT2D eigenvalue weighted by atomic mass is 19.1. The second-order valence-electron chi connectivity index (χ2n) is 5.58. The lowest BCUT2D eigenvalue weighted by atomic mass is 9.85. The zero-order valence-electron chi connectivity index (χ0n) is 12.5. The van der Waals surface area contributed by atoms with E-state index in [-0.39, 0.29) is 0 Å². The third-order valence-electron chi connectivity index (χ3n) is 3.88. The SMILES string of the molecule is C=C(F)/C=C\C(=C)C(C)CCC(C)C(C)CCC. The Bertz CT molecular complexity index is 288. The van der Waals surface area contributed by atoms with Gasteiger partial charge in [-0.05, 0) is 36.7 Å². The van der Waals surface area contributed by atoms with Crippen molar-refractivity contribution >= 4 is 0 Å². The van der Waals surface area contributed by atoms with Crippen LogP contribution in [0.5, 0.6) is 0 Å². The predicted octanol–water partition coefficient (Wildman–Crippen LogP) is 6.07. The van der Waals surface area contributed by atoms with Crippen LogP contribution in [0.1, 0.15) is 53.4 Å². The highest BCUT2D eigenvalue weighted by molar-refractivity contribution is 5.22. The van der Waals surface area contributed by atoms with E-state index in [1.54, 1.807) is 6.08 Å². The summed E-state index contributed by atoms with van der Waals surface area (Å²) in [6.07, 6.45) is 8.03. The first kappa shape index (κ1) is 17.2.